The van der Waals surface area contributed by atoms with Crippen LogP contribution in [0.5, 0.6) is 5.75 Å². The molecule has 4 nitrogen and oxygen atoms in total. The van der Waals surface area contributed by atoms with Crippen molar-refractivity contribution in [3.05, 3.63) is 69.3 Å². The Kier molecular flexibility index (Phi) is 5.20. The van der Waals surface area contributed by atoms with Crippen molar-refractivity contribution < 1.29 is 9.53 Å². The predicted molar refractivity (Wildman–Crippen MR) is 106 cm³/mol. The van der Waals surface area contributed by atoms with Gasteiger partial charge < -0.3 is 10.1 Å². The molecule has 0 radical (unpaired) electrons. The summed E-state index contributed by atoms with van der Waals surface area (Å²) in [6.45, 7) is 2.56. The van der Waals surface area contributed by atoms with E-state index in [-0.39, 0.29) is 5.91 Å². The third-order valence-electron chi connectivity index (χ3n) is 3.86. The highest BCUT2D eigenvalue weighted by Gasteiger charge is 2.26. The number of carbonyl (C=O) groups excluding carboxylic acids is 1. The van der Waals surface area contributed by atoms with Crippen LogP contribution in [-0.4, -0.2) is 23.0 Å². The minimum absolute atomic E-state index is 0.138. The van der Waals surface area contributed by atoms with Crippen molar-refractivity contribution in [3.8, 4) is 5.75 Å². The summed E-state index contributed by atoms with van der Waals surface area (Å²) in [5, 5.41) is 3.32. The predicted octanol–water partition coefficient (Wildman–Crippen LogP) is 4.02. The van der Waals surface area contributed by atoms with Gasteiger partial charge in [-0.2, -0.15) is 0 Å². The van der Waals surface area contributed by atoms with Crippen LogP contribution < -0.4 is 10.1 Å². The van der Waals surface area contributed by atoms with Gasteiger partial charge in [-0.3, -0.25) is 9.69 Å². The lowest BCUT2D eigenvalue weighted by Crippen LogP contribution is -2.25. The van der Waals surface area contributed by atoms with Crippen LogP contribution in [0.1, 0.15) is 16.7 Å². The number of amides is 1. The summed E-state index contributed by atoms with van der Waals surface area (Å²) >= 11 is 8.60. The summed E-state index contributed by atoms with van der Waals surface area (Å²) in [6, 6.07) is 13.9. The number of thiocarbonyl (C=S) groups is 1. The zero-order valence-electron chi connectivity index (χ0n) is 13.9. The lowest BCUT2D eigenvalue weighted by atomic mass is 10.1. The first-order valence-corrected chi connectivity index (χ1v) is 8.93. The third-order valence-corrected chi connectivity index (χ3v) is 4.86. The lowest BCUT2D eigenvalue weighted by molar-refractivity contribution is -0.121. The van der Waals surface area contributed by atoms with E-state index in [1.54, 1.807) is 13.1 Å². The number of likely N-dealkylation sites (N-methyl/N-ethyl adjacent to an activating group) is 1. The van der Waals surface area contributed by atoms with E-state index in [9.17, 15) is 4.79 Å². The van der Waals surface area contributed by atoms with Crippen LogP contribution in [-0.2, 0) is 11.4 Å². The molecule has 2 aromatic carbocycles. The van der Waals surface area contributed by atoms with Crippen LogP contribution in [0.3, 0.4) is 0 Å². The van der Waals surface area contributed by atoms with Crippen molar-refractivity contribution in [2.75, 3.05) is 7.05 Å². The van der Waals surface area contributed by atoms with E-state index in [1.807, 2.05) is 18.2 Å². The molecular formula is C19H17BrN2O2S. The van der Waals surface area contributed by atoms with Gasteiger partial charge in [-0.05, 0) is 64.4 Å². The number of nitrogens with zero attached hydrogens (tertiary/aromatic N) is 1. The number of nitrogens with one attached hydrogen (secondary N) is 1. The van der Waals surface area contributed by atoms with Gasteiger partial charge >= 0.3 is 0 Å². The maximum atomic E-state index is 12.0. The summed E-state index contributed by atoms with van der Waals surface area (Å²) in [5.41, 5.74) is 3.68. The molecule has 0 saturated carbocycles. The molecule has 1 saturated heterocycles. The number of carbonyl (C=O) groups is 1. The van der Waals surface area contributed by atoms with Gasteiger partial charge in [-0.15, -0.1) is 0 Å². The number of hydrogen-bond donors (Lipinski definition) is 1. The first-order valence-electron chi connectivity index (χ1n) is 7.72. The van der Waals surface area contributed by atoms with E-state index in [0.29, 0.717) is 17.4 Å². The van der Waals surface area contributed by atoms with Gasteiger partial charge in [0.2, 0.25) is 0 Å². The van der Waals surface area contributed by atoms with E-state index in [2.05, 4.69) is 52.4 Å². The zero-order valence-corrected chi connectivity index (χ0v) is 16.3. The molecule has 1 N–H and O–H groups in total. The first kappa shape index (κ1) is 17.6. The van der Waals surface area contributed by atoms with Crippen LogP contribution in [0.2, 0.25) is 0 Å². The molecule has 0 bridgehead atoms. The van der Waals surface area contributed by atoms with Gasteiger partial charge in [0.15, 0.2) is 5.11 Å². The topological polar surface area (TPSA) is 41.6 Å². The third kappa shape index (κ3) is 4.08. The molecule has 1 aliphatic rings. The number of hydrogen-bond acceptors (Lipinski definition) is 3. The Balaban J connectivity index is 1.72. The summed E-state index contributed by atoms with van der Waals surface area (Å²) in [5.74, 6) is 0.613. The molecule has 1 fully saturated rings. The van der Waals surface area contributed by atoms with Crippen LogP contribution >= 0.6 is 28.1 Å². The maximum Gasteiger partial charge on any atom is 0.276 e. The quantitative estimate of drug-likeness (QED) is 0.603. The molecule has 0 spiro atoms. The van der Waals surface area contributed by atoms with Crippen LogP contribution in [0.25, 0.3) is 6.08 Å². The van der Waals surface area contributed by atoms with Crippen LogP contribution in [0, 0.1) is 6.92 Å². The summed E-state index contributed by atoms with van der Waals surface area (Å²) in [6.07, 6.45) is 1.77. The summed E-state index contributed by atoms with van der Waals surface area (Å²) < 4.78 is 6.69. The Bertz CT molecular complexity index is 862. The molecule has 0 aromatic heterocycles. The van der Waals surface area contributed by atoms with Crippen molar-refractivity contribution >= 4 is 45.2 Å². The summed E-state index contributed by atoms with van der Waals surface area (Å²) in [7, 11) is 1.65. The van der Waals surface area contributed by atoms with Crippen LogP contribution in [0.4, 0.5) is 0 Å². The number of benzene rings is 2. The monoisotopic (exact) mass is 416 g/mol. The van der Waals surface area contributed by atoms with E-state index >= 15 is 0 Å². The first-order chi connectivity index (χ1) is 11.9. The molecule has 1 amide bonds. The molecule has 3 rings (SSSR count). The molecule has 25 heavy (non-hydrogen) atoms. The van der Waals surface area contributed by atoms with E-state index < -0.39 is 0 Å². The van der Waals surface area contributed by atoms with Gasteiger partial charge in [0.25, 0.3) is 5.91 Å². The number of halogens is 1. The molecule has 0 unspecified atom stereocenters. The smallest absolute Gasteiger partial charge is 0.276 e. The van der Waals surface area contributed by atoms with Crippen molar-refractivity contribution in [3.63, 3.8) is 0 Å². The number of rotatable bonds is 4. The average Bonchev–Trinajstić information content (AvgIpc) is 2.83. The van der Waals surface area contributed by atoms with Gasteiger partial charge in [-0.1, -0.05) is 35.9 Å². The molecule has 1 heterocycles. The highest BCUT2D eigenvalue weighted by atomic mass is 79.9. The second kappa shape index (κ2) is 7.37. The van der Waals surface area contributed by atoms with E-state index in [4.69, 9.17) is 17.0 Å². The molecule has 128 valence electrons. The van der Waals surface area contributed by atoms with Crippen molar-refractivity contribution in [1.29, 1.82) is 0 Å². The van der Waals surface area contributed by atoms with Gasteiger partial charge in [0, 0.05) is 7.05 Å². The van der Waals surface area contributed by atoms with E-state index in [1.165, 1.54) is 10.5 Å². The van der Waals surface area contributed by atoms with Crippen molar-refractivity contribution in [2.45, 2.75) is 13.5 Å². The Morgan fingerprint density at radius 2 is 1.96 bits per heavy atom. The Hall–Kier alpha value is -2.18. The normalized spacial score (nSPS) is 15.6. The fraction of sp³-hybridized carbons (Fsp3) is 0.158. The maximum absolute atomic E-state index is 12.0. The fourth-order valence-corrected chi connectivity index (χ4v) is 3.06. The van der Waals surface area contributed by atoms with Gasteiger partial charge in [0.1, 0.15) is 18.1 Å². The van der Waals surface area contributed by atoms with Crippen LogP contribution in [0.15, 0.2) is 52.6 Å². The highest BCUT2D eigenvalue weighted by Crippen LogP contribution is 2.28. The minimum Gasteiger partial charge on any atom is -0.488 e. The molecular weight excluding hydrogens is 400 g/mol. The Labute approximate surface area is 160 Å². The molecule has 0 atom stereocenters. The second-order valence-corrected chi connectivity index (χ2v) is 7.06. The van der Waals surface area contributed by atoms with Crippen molar-refractivity contribution in [2.24, 2.45) is 0 Å². The number of aryl methyl sites for hydroxylation is 1. The number of ether oxygens (including phenoxy) is 1. The largest absolute Gasteiger partial charge is 0.488 e. The minimum atomic E-state index is -0.138. The Morgan fingerprint density at radius 1 is 1.24 bits per heavy atom. The SMILES string of the molecule is Cc1ccc(COc2ccc(/C=C3\NC(=S)N(C)C3=O)cc2Br)cc1. The summed E-state index contributed by atoms with van der Waals surface area (Å²) in [4.78, 5) is 13.4. The standard InChI is InChI=1S/C19H17BrN2O2S/c1-12-3-5-13(6-4-12)11-24-17-8-7-14(9-15(17)20)10-16-18(23)22(2)19(25)21-16/h3-10H,11H2,1-2H3,(H,21,25)/b16-10-. The average molecular weight is 417 g/mol. The highest BCUT2D eigenvalue weighted by molar-refractivity contribution is 9.10. The molecule has 2 aromatic rings. The second-order valence-electron chi connectivity index (χ2n) is 5.82. The Morgan fingerprint density at radius 3 is 2.56 bits per heavy atom. The lowest BCUT2D eigenvalue weighted by Gasteiger charge is -2.09. The zero-order chi connectivity index (χ0) is 18.0. The molecule has 1 aliphatic heterocycles. The van der Waals surface area contributed by atoms with Gasteiger partial charge in [-0.25, -0.2) is 0 Å². The molecule has 6 heteroatoms. The van der Waals surface area contributed by atoms with Gasteiger partial charge in [0.05, 0.1) is 4.47 Å². The molecule has 0 aliphatic carbocycles. The van der Waals surface area contributed by atoms with Crippen molar-refractivity contribution in [1.82, 2.24) is 10.2 Å². The van der Waals surface area contributed by atoms with E-state index in [0.717, 1.165) is 21.3 Å². The fourth-order valence-electron chi connectivity index (χ4n) is 2.36.